The van der Waals surface area contributed by atoms with E-state index >= 15 is 0 Å². The second-order valence-corrected chi connectivity index (χ2v) is 6.95. The number of benzene rings is 1. The van der Waals surface area contributed by atoms with Gasteiger partial charge in [-0.25, -0.2) is 4.39 Å². The molecule has 0 unspecified atom stereocenters. The zero-order valence-corrected chi connectivity index (χ0v) is 14.2. The highest BCUT2D eigenvalue weighted by Gasteiger charge is 2.28. The second kappa shape index (κ2) is 6.37. The number of aromatic nitrogens is 3. The molecule has 1 saturated carbocycles. The molecule has 8 heteroatoms. The Morgan fingerprint density at radius 3 is 2.95 bits per heavy atom. The van der Waals surface area contributed by atoms with Gasteiger partial charge in [-0.2, -0.15) is 0 Å². The fourth-order valence-electron chi connectivity index (χ4n) is 2.11. The Bertz CT molecular complexity index is 717. The van der Waals surface area contributed by atoms with Gasteiger partial charge in [0.1, 0.15) is 11.6 Å². The Balaban J connectivity index is 1.61. The van der Waals surface area contributed by atoms with Crippen LogP contribution in [0.1, 0.15) is 24.7 Å². The Labute approximate surface area is 139 Å². The number of halogens is 2. The minimum absolute atomic E-state index is 0.167. The zero-order valence-electron chi connectivity index (χ0n) is 11.8. The summed E-state index contributed by atoms with van der Waals surface area (Å²) in [5, 5.41) is 11.5. The number of nitrogens with one attached hydrogen (secondary N) is 1. The van der Waals surface area contributed by atoms with E-state index in [1.54, 1.807) is 6.07 Å². The highest BCUT2D eigenvalue weighted by Crippen LogP contribution is 2.38. The maximum Gasteiger partial charge on any atom is 0.234 e. The lowest BCUT2D eigenvalue weighted by atomic mass is 10.3. The van der Waals surface area contributed by atoms with E-state index in [1.165, 1.54) is 23.9 Å². The normalized spacial score (nSPS) is 14.1. The first-order valence-electron chi connectivity index (χ1n) is 6.84. The standard InChI is InChI=1S/C14H14BrFN4OS/c1-8-18-19-14(20(8)10-3-4-10)22-7-13(21)17-12-5-2-9(15)6-11(12)16/h2,5-6,10H,3-4,7H2,1H3,(H,17,21). The minimum Gasteiger partial charge on any atom is -0.323 e. The maximum absolute atomic E-state index is 13.7. The van der Waals surface area contributed by atoms with Crippen molar-refractivity contribution in [3.63, 3.8) is 0 Å². The molecule has 5 nitrogen and oxygen atoms in total. The molecule has 22 heavy (non-hydrogen) atoms. The summed E-state index contributed by atoms with van der Waals surface area (Å²) in [6, 6.07) is 4.98. The number of anilines is 1. The monoisotopic (exact) mass is 384 g/mol. The molecule has 1 aromatic carbocycles. The van der Waals surface area contributed by atoms with Crippen molar-refractivity contribution in [1.82, 2.24) is 14.8 Å². The molecule has 0 saturated heterocycles. The fraction of sp³-hybridized carbons (Fsp3) is 0.357. The third-order valence-corrected chi connectivity index (χ3v) is 4.72. The van der Waals surface area contributed by atoms with Crippen molar-refractivity contribution in [3.8, 4) is 0 Å². The summed E-state index contributed by atoms with van der Waals surface area (Å²) in [5.74, 6) is 0.295. The first kappa shape index (κ1) is 15.5. The molecule has 3 rings (SSSR count). The number of hydrogen-bond acceptors (Lipinski definition) is 4. The summed E-state index contributed by atoms with van der Waals surface area (Å²) >= 11 is 4.50. The lowest BCUT2D eigenvalue weighted by Crippen LogP contribution is -2.15. The first-order chi connectivity index (χ1) is 10.5. The second-order valence-electron chi connectivity index (χ2n) is 5.09. The first-order valence-corrected chi connectivity index (χ1v) is 8.61. The third-order valence-electron chi connectivity index (χ3n) is 3.28. The van der Waals surface area contributed by atoms with E-state index in [4.69, 9.17) is 0 Å². The molecule has 0 bridgehead atoms. The molecular weight excluding hydrogens is 371 g/mol. The molecule has 0 atom stereocenters. The molecule has 1 fully saturated rings. The van der Waals surface area contributed by atoms with Crippen LogP contribution in [-0.2, 0) is 4.79 Å². The summed E-state index contributed by atoms with van der Waals surface area (Å²) in [6.45, 7) is 1.91. The van der Waals surface area contributed by atoms with E-state index in [9.17, 15) is 9.18 Å². The van der Waals surface area contributed by atoms with Gasteiger partial charge < -0.3 is 9.88 Å². The largest absolute Gasteiger partial charge is 0.323 e. The van der Waals surface area contributed by atoms with Crippen molar-refractivity contribution in [1.29, 1.82) is 0 Å². The summed E-state index contributed by atoms with van der Waals surface area (Å²) in [4.78, 5) is 12.0. The van der Waals surface area contributed by atoms with Crippen LogP contribution in [0, 0.1) is 12.7 Å². The van der Waals surface area contributed by atoms with Crippen molar-refractivity contribution in [2.75, 3.05) is 11.1 Å². The highest BCUT2D eigenvalue weighted by atomic mass is 79.9. The average Bonchev–Trinajstić information content (AvgIpc) is 3.23. The molecule has 0 aliphatic heterocycles. The molecule has 0 spiro atoms. The molecule has 116 valence electrons. The number of rotatable bonds is 5. The van der Waals surface area contributed by atoms with Gasteiger partial charge >= 0.3 is 0 Å². The van der Waals surface area contributed by atoms with E-state index in [-0.39, 0.29) is 17.3 Å². The number of nitrogens with zero attached hydrogens (tertiary/aromatic N) is 3. The molecule has 1 amide bonds. The number of amides is 1. The quantitative estimate of drug-likeness (QED) is 0.800. The van der Waals surface area contributed by atoms with E-state index < -0.39 is 5.82 Å². The van der Waals surface area contributed by atoms with Gasteiger partial charge in [0.15, 0.2) is 5.16 Å². The molecule has 0 radical (unpaired) electrons. The highest BCUT2D eigenvalue weighted by molar-refractivity contribution is 9.10. The molecule has 1 aliphatic carbocycles. The van der Waals surface area contributed by atoms with Crippen LogP contribution in [0.3, 0.4) is 0 Å². The average molecular weight is 385 g/mol. The van der Waals surface area contributed by atoms with Gasteiger partial charge in [-0.3, -0.25) is 4.79 Å². The molecule has 1 aliphatic rings. The molecule has 1 aromatic heterocycles. The molecular formula is C14H14BrFN4OS. The van der Waals surface area contributed by atoms with E-state index in [2.05, 4.69) is 36.0 Å². The van der Waals surface area contributed by atoms with Gasteiger partial charge in [-0.05, 0) is 38.0 Å². The van der Waals surface area contributed by atoms with Crippen molar-refractivity contribution >= 4 is 39.3 Å². The summed E-state index contributed by atoms with van der Waals surface area (Å²) < 4.78 is 16.4. The number of carbonyl (C=O) groups is 1. The van der Waals surface area contributed by atoms with Crippen LogP contribution in [0.4, 0.5) is 10.1 Å². The fourth-order valence-corrected chi connectivity index (χ4v) is 3.29. The van der Waals surface area contributed by atoms with Crippen LogP contribution in [0.5, 0.6) is 0 Å². The SMILES string of the molecule is Cc1nnc(SCC(=O)Nc2ccc(Br)cc2F)n1C1CC1. The minimum atomic E-state index is -0.468. The Kier molecular flexibility index (Phi) is 4.49. The molecule has 2 aromatic rings. The number of hydrogen-bond donors (Lipinski definition) is 1. The third kappa shape index (κ3) is 3.49. The van der Waals surface area contributed by atoms with Crippen LogP contribution in [0.2, 0.25) is 0 Å². The molecule has 1 N–H and O–H groups in total. The Hall–Kier alpha value is -1.41. The van der Waals surface area contributed by atoms with Gasteiger partial charge in [0.2, 0.25) is 5.91 Å². The van der Waals surface area contributed by atoms with Gasteiger partial charge in [0.05, 0.1) is 11.4 Å². The van der Waals surface area contributed by atoms with Crippen molar-refractivity contribution in [2.24, 2.45) is 0 Å². The zero-order chi connectivity index (χ0) is 15.7. The number of aryl methyl sites for hydroxylation is 1. The Morgan fingerprint density at radius 2 is 2.27 bits per heavy atom. The smallest absolute Gasteiger partial charge is 0.234 e. The predicted octanol–water partition coefficient (Wildman–Crippen LogP) is 3.55. The lowest BCUT2D eigenvalue weighted by molar-refractivity contribution is -0.113. The van der Waals surface area contributed by atoms with Crippen LogP contribution in [0.15, 0.2) is 27.8 Å². The van der Waals surface area contributed by atoms with Crippen LogP contribution in [0.25, 0.3) is 0 Å². The van der Waals surface area contributed by atoms with Gasteiger partial charge in [-0.15, -0.1) is 10.2 Å². The van der Waals surface area contributed by atoms with Crippen molar-refractivity contribution < 1.29 is 9.18 Å². The van der Waals surface area contributed by atoms with E-state index in [0.29, 0.717) is 10.5 Å². The lowest BCUT2D eigenvalue weighted by Gasteiger charge is -2.08. The maximum atomic E-state index is 13.7. The number of carbonyl (C=O) groups excluding carboxylic acids is 1. The summed E-state index contributed by atoms with van der Waals surface area (Å²) in [6.07, 6.45) is 2.26. The van der Waals surface area contributed by atoms with E-state index in [0.717, 1.165) is 23.8 Å². The Morgan fingerprint density at radius 1 is 1.50 bits per heavy atom. The van der Waals surface area contributed by atoms with Crippen molar-refractivity contribution in [2.45, 2.75) is 31.0 Å². The topological polar surface area (TPSA) is 59.8 Å². The van der Waals surface area contributed by atoms with Gasteiger partial charge in [0, 0.05) is 10.5 Å². The summed E-state index contributed by atoms with van der Waals surface area (Å²) in [5.41, 5.74) is 0.175. The van der Waals surface area contributed by atoms with Crippen molar-refractivity contribution in [3.05, 3.63) is 34.3 Å². The van der Waals surface area contributed by atoms with Crippen LogP contribution < -0.4 is 5.32 Å². The van der Waals surface area contributed by atoms with Gasteiger partial charge in [-0.1, -0.05) is 27.7 Å². The van der Waals surface area contributed by atoms with Crippen LogP contribution in [-0.4, -0.2) is 26.4 Å². The molecule has 1 heterocycles. The van der Waals surface area contributed by atoms with E-state index in [1.807, 2.05) is 6.92 Å². The van der Waals surface area contributed by atoms with Crippen LogP contribution >= 0.6 is 27.7 Å². The predicted molar refractivity (Wildman–Crippen MR) is 86.5 cm³/mol. The van der Waals surface area contributed by atoms with Gasteiger partial charge in [0.25, 0.3) is 0 Å². The summed E-state index contributed by atoms with van der Waals surface area (Å²) in [7, 11) is 0. The number of thioether (sulfide) groups is 1.